The van der Waals surface area contributed by atoms with Crippen molar-refractivity contribution in [3.05, 3.63) is 89.9 Å². The first-order chi connectivity index (χ1) is 17.1. The lowest BCUT2D eigenvalue weighted by molar-refractivity contribution is 0.0761. The van der Waals surface area contributed by atoms with Crippen LogP contribution in [0.3, 0.4) is 0 Å². The quantitative estimate of drug-likeness (QED) is 0.461. The molecule has 1 fully saturated rings. The first-order valence-corrected chi connectivity index (χ1v) is 12.1. The highest BCUT2D eigenvalue weighted by Crippen LogP contribution is 2.27. The maximum Gasteiger partial charge on any atom is 0.276 e. The van der Waals surface area contributed by atoms with Gasteiger partial charge in [0.1, 0.15) is 0 Å². The Morgan fingerprint density at radius 2 is 1.83 bits per heavy atom. The van der Waals surface area contributed by atoms with E-state index in [4.69, 9.17) is 0 Å². The highest BCUT2D eigenvalue weighted by Gasteiger charge is 2.24. The number of aromatic nitrogens is 3. The number of hydrogen-bond donors (Lipinski definition) is 1. The summed E-state index contributed by atoms with van der Waals surface area (Å²) >= 11 is 0. The zero-order chi connectivity index (χ0) is 24.2. The van der Waals surface area contributed by atoms with Gasteiger partial charge in [-0.1, -0.05) is 30.3 Å². The van der Waals surface area contributed by atoms with E-state index in [-0.39, 0.29) is 11.8 Å². The summed E-state index contributed by atoms with van der Waals surface area (Å²) in [7, 11) is 1.76. The molecule has 5 rings (SSSR count). The first kappa shape index (κ1) is 22.8. The van der Waals surface area contributed by atoms with E-state index in [0.29, 0.717) is 29.4 Å². The van der Waals surface area contributed by atoms with Gasteiger partial charge in [-0.25, -0.2) is 0 Å². The minimum absolute atomic E-state index is 0.0445. The van der Waals surface area contributed by atoms with E-state index in [0.717, 1.165) is 37.7 Å². The number of benzene rings is 2. The number of aryl methyl sites for hydroxylation is 1. The van der Waals surface area contributed by atoms with Crippen molar-refractivity contribution in [2.24, 2.45) is 13.0 Å². The molecule has 2 amide bonds. The van der Waals surface area contributed by atoms with Gasteiger partial charge in [-0.05, 0) is 67.5 Å². The third kappa shape index (κ3) is 5.09. The number of likely N-dealkylation sites (tertiary alicyclic amines) is 1. The Morgan fingerprint density at radius 1 is 1.00 bits per heavy atom. The SMILES string of the molecule is Cn1ccc(C(=O)Nc2ccccc2C(=O)N2CCCC(Cc3ccnc4ccccc34)CC2)n1. The van der Waals surface area contributed by atoms with E-state index < -0.39 is 0 Å². The number of carbonyl (C=O) groups is 2. The molecule has 7 nitrogen and oxygen atoms in total. The number of hydrogen-bond acceptors (Lipinski definition) is 4. The van der Waals surface area contributed by atoms with Crippen LogP contribution in [0.4, 0.5) is 5.69 Å². The molecule has 0 bridgehead atoms. The van der Waals surface area contributed by atoms with Crippen LogP contribution in [0.2, 0.25) is 0 Å². The van der Waals surface area contributed by atoms with Crippen LogP contribution < -0.4 is 5.32 Å². The third-order valence-corrected chi connectivity index (χ3v) is 6.73. The van der Waals surface area contributed by atoms with E-state index in [2.05, 4.69) is 39.7 Å². The molecule has 35 heavy (non-hydrogen) atoms. The molecule has 1 atom stereocenters. The van der Waals surface area contributed by atoms with E-state index >= 15 is 0 Å². The molecule has 0 saturated carbocycles. The molecule has 178 valence electrons. The highest BCUT2D eigenvalue weighted by molar-refractivity contribution is 6.08. The van der Waals surface area contributed by atoms with Gasteiger partial charge in [0.2, 0.25) is 0 Å². The van der Waals surface area contributed by atoms with Gasteiger partial charge in [0.15, 0.2) is 5.69 Å². The van der Waals surface area contributed by atoms with Gasteiger partial charge in [0, 0.05) is 37.9 Å². The molecule has 1 aliphatic heterocycles. The number of nitrogens with zero attached hydrogens (tertiary/aromatic N) is 4. The van der Waals surface area contributed by atoms with Crippen molar-refractivity contribution in [2.75, 3.05) is 18.4 Å². The van der Waals surface area contributed by atoms with Crippen LogP contribution in [0.25, 0.3) is 10.9 Å². The Hall–Kier alpha value is -4.00. The maximum atomic E-state index is 13.5. The summed E-state index contributed by atoms with van der Waals surface area (Å²) in [5, 5.41) is 8.23. The monoisotopic (exact) mass is 467 g/mol. The summed E-state index contributed by atoms with van der Waals surface area (Å²) in [5.74, 6) is 0.140. The van der Waals surface area contributed by atoms with E-state index in [1.165, 1.54) is 10.9 Å². The Kier molecular flexibility index (Phi) is 6.57. The molecular weight excluding hydrogens is 438 g/mol. The number of anilines is 1. The lowest BCUT2D eigenvalue weighted by Crippen LogP contribution is -2.33. The number of rotatable bonds is 5. The third-order valence-electron chi connectivity index (χ3n) is 6.73. The zero-order valence-corrected chi connectivity index (χ0v) is 19.9. The maximum absolute atomic E-state index is 13.5. The van der Waals surface area contributed by atoms with Crippen LogP contribution in [0.5, 0.6) is 0 Å². The smallest absolute Gasteiger partial charge is 0.276 e. The van der Waals surface area contributed by atoms with Crippen LogP contribution in [0.15, 0.2) is 73.1 Å². The van der Waals surface area contributed by atoms with Crippen molar-refractivity contribution in [1.82, 2.24) is 19.7 Å². The molecule has 7 heteroatoms. The molecule has 1 aliphatic rings. The van der Waals surface area contributed by atoms with Crippen LogP contribution in [-0.2, 0) is 13.5 Å². The van der Waals surface area contributed by atoms with Crippen LogP contribution >= 0.6 is 0 Å². The molecule has 2 aromatic heterocycles. The normalized spacial score (nSPS) is 16.1. The van der Waals surface area contributed by atoms with Gasteiger partial charge in [-0.2, -0.15) is 5.10 Å². The summed E-state index contributed by atoms with van der Waals surface area (Å²) in [6.45, 7) is 1.42. The Bertz CT molecular complexity index is 1360. The van der Waals surface area contributed by atoms with Crippen molar-refractivity contribution in [2.45, 2.75) is 25.7 Å². The van der Waals surface area contributed by atoms with Crippen molar-refractivity contribution < 1.29 is 9.59 Å². The molecule has 1 unspecified atom stereocenters. The fraction of sp³-hybridized carbons (Fsp3) is 0.286. The fourth-order valence-corrected chi connectivity index (χ4v) is 4.89. The lowest BCUT2D eigenvalue weighted by Gasteiger charge is -2.22. The number of amides is 2. The fourth-order valence-electron chi connectivity index (χ4n) is 4.89. The molecule has 4 aromatic rings. The summed E-state index contributed by atoms with van der Waals surface area (Å²) in [4.78, 5) is 32.5. The van der Waals surface area contributed by atoms with Crippen LogP contribution in [0, 0.1) is 5.92 Å². The molecule has 1 saturated heterocycles. The lowest BCUT2D eigenvalue weighted by atomic mass is 9.91. The first-order valence-electron chi connectivity index (χ1n) is 12.1. The van der Waals surface area contributed by atoms with Gasteiger partial charge >= 0.3 is 0 Å². The summed E-state index contributed by atoms with van der Waals surface area (Å²) in [5.41, 5.74) is 3.69. The molecule has 0 radical (unpaired) electrons. The van der Waals surface area contributed by atoms with Crippen molar-refractivity contribution in [1.29, 1.82) is 0 Å². The van der Waals surface area contributed by atoms with E-state index in [9.17, 15) is 9.59 Å². The standard InChI is InChI=1S/C28H29N5O2/c1-32-17-14-26(31-32)27(34)30-25-11-5-3-9-23(25)28(35)33-16-6-7-20(13-18-33)19-21-12-15-29-24-10-4-2-8-22(21)24/h2-5,8-12,14-15,17,20H,6-7,13,16,18-19H2,1H3,(H,30,34). The summed E-state index contributed by atoms with van der Waals surface area (Å²) in [6, 6.07) is 19.2. The Balaban J connectivity index is 1.27. The molecule has 1 N–H and O–H groups in total. The van der Waals surface area contributed by atoms with E-state index in [1.807, 2.05) is 29.3 Å². The largest absolute Gasteiger partial charge is 0.339 e. The molecular formula is C28H29N5O2. The average molecular weight is 468 g/mol. The van der Waals surface area contributed by atoms with Crippen LogP contribution in [-0.4, -0.2) is 44.6 Å². The van der Waals surface area contributed by atoms with Gasteiger partial charge in [-0.15, -0.1) is 0 Å². The molecule has 0 aliphatic carbocycles. The van der Waals surface area contributed by atoms with Crippen molar-refractivity contribution >= 4 is 28.4 Å². The predicted molar refractivity (Wildman–Crippen MR) is 136 cm³/mol. The molecule has 0 spiro atoms. The number of pyridine rings is 1. The topological polar surface area (TPSA) is 80.1 Å². The number of nitrogens with one attached hydrogen (secondary N) is 1. The number of fused-ring (bicyclic) bond motifs is 1. The van der Waals surface area contributed by atoms with Gasteiger partial charge in [0.25, 0.3) is 11.8 Å². The Labute approximate surface area is 204 Å². The van der Waals surface area contributed by atoms with Crippen molar-refractivity contribution in [3.8, 4) is 0 Å². The second-order valence-corrected chi connectivity index (χ2v) is 9.15. The number of carbonyl (C=O) groups excluding carboxylic acids is 2. The predicted octanol–water partition coefficient (Wildman–Crippen LogP) is 4.71. The van der Waals surface area contributed by atoms with Crippen molar-refractivity contribution in [3.63, 3.8) is 0 Å². The second-order valence-electron chi connectivity index (χ2n) is 9.15. The zero-order valence-electron chi connectivity index (χ0n) is 19.9. The molecule has 3 heterocycles. The van der Waals surface area contributed by atoms with Gasteiger partial charge in [0.05, 0.1) is 16.8 Å². The summed E-state index contributed by atoms with van der Waals surface area (Å²) in [6.07, 6.45) is 7.59. The minimum Gasteiger partial charge on any atom is -0.339 e. The highest BCUT2D eigenvalue weighted by atomic mass is 16.2. The summed E-state index contributed by atoms with van der Waals surface area (Å²) < 4.78 is 1.58. The number of para-hydroxylation sites is 2. The van der Waals surface area contributed by atoms with Crippen LogP contribution in [0.1, 0.15) is 45.7 Å². The van der Waals surface area contributed by atoms with E-state index in [1.54, 1.807) is 36.1 Å². The Morgan fingerprint density at radius 3 is 2.69 bits per heavy atom. The average Bonchev–Trinajstić information content (AvgIpc) is 3.18. The molecule has 2 aromatic carbocycles. The van der Waals surface area contributed by atoms with Gasteiger partial charge in [-0.3, -0.25) is 19.3 Å². The minimum atomic E-state index is -0.327. The van der Waals surface area contributed by atoms with Gasteiger partial charge < -0.3 is 10.2 Å². The second kappa shape index (κ2) is 10.1.